The van der Waals surface area contributed by atoms with Crippen LogP contribution < -0.4 is 14.7 Å². The smallest absolute Gasteiger partial charge is 0.343 e. The highest BCUT2D eigenvalue weighted by atomic mass is 35.5. The average Bonchev–Trinajstić information content (AvgIpc) is 3.46. The Morgan fingerprint density at radius 2 is 1.44 bits per heavy atom. The maximum Gasteiger partial charge on any atom is 0.343 e. The van der Waals surface area contributed by atoms with Gasteiger partial charge in [-0.2, -0.15) is 0 Å². The van der Waals surface area contributed by atoms with E-state index < -0.39 is 41.7 Å². The number of nitrogens with zero attached hydrogens (tertiary/aromatic N) is 2. The van der Waals surface area contributed by atoms with Crippen LogP contribution in [0.4, 0.5) is 15.8 Å². The van der Waals surface area contributed by atoms with Crippen molar-refractivity contribution in [2.45, 2.75) is 12.1 Å². The number of esters is 1. The van der Waals surface area contributed by atoms with E-state index in [9.17, 15) is 18.8 Å². The molecule has 2 fully saturated rings. The molecule has 9 heteroatoms. The van der Waals surface area contributed by atoms with E-state index >= 15 is 0 Å². The molecular formula is C30H20ClFN2O5. The van der Waals surface area contributed by atoms with Crippen LogP contribution in [0.15, 0.2) is 103 Å². The van der Waals surface area contributed by atoms with Gasteiger partial charge in [-0.15, -0.1) is 0 Å². The molecule has 2 saturated heterocycles. The lowest BCUT2D eigenvalue weighted by molar-refractivity contribution is -0.126. The Morgan fingerprint density at radius 3 is 2.10 bits per heavy atom. The van der Waals surface area contributed by atoms with E-state index in [0.29, 0.717) is 27.6 Å². The lowest BCUT2D eigenvalue weighted by Gasteiger charge is -2.29. The molecule has 194 valence electrons. The Kier molecular flexibility index (Phi) is 6.34. The van der Waals surface area contributed by atoms with Crippen molar-refractivity contribution in [3.63, 3.8) is 0 Å². The van der Waals surface area contributed by atoms with Gasteiger partial charge in [0.15, 0.2) is 6.10 Å². The second-order valence-corrected chi connectivity index (χ2v) is 9.55. The third kappa shape index (κ3) is 4.54. The molecule has 39 heavy (non-hydrogen) atoms. The summed E-state index contributed by atoms with van der Waals surface area (Å²) in [4.78, 5) is 46.7. The molecule has 0 N–H and O–H groups in total. The monoisotopic (exact) mass is 542 g/mol. The van der Waals surface area contributed by atoms with Crippen LogP contribution in [0.2, 0.25) is 5.02 Å². The van der Waals surface area contributed by atoms with Gasteiger partial charge in [-0.25, -0.2) is 19.1 Å². The van der Waals surface area contributed by atoms with E-state index in [2.05, 4.69) is 0 Å². The zero-order chi connectivity index (χ0) is 27.1. The average molecular weight is 543 g/mol. The molecule has 7 nitrogen and oxygen atoms in total. The van der Waals surface area contributed by atoms with E-state index in [4.69, 9.17) is 21.2 Å². The number of amides is 2. The Morgan fingerprint density at radius 1 is 0.795 bits per heavy atom. The number of hydrogen-bond donors (Lipinski definition) is 0. The van der Waals surface area contributed by atoms with E-state index in [1.165, 1.54) is 29.3 Å². The van der Waals surface area contributed by atoms with Gasteiger partial charge >= 0.3 is 5.97 Å². The minimum Gasteiger partial charge on any atom is -0.423 e. The summed E-state index contributed by atoms with van der Waals surface area (Å²) >= 11 is 6.07. The van der Waals surface area contributed by atoms with Crippen LogP contribution in [0.25, 0.3) is 0 Å². The number of ether oxygens (including phenoxy) is 1. The molecule has 0 aliphatic carbocycles. The molecule has 2 aliphatic rings. The first-order valence-electron chi connectivity index (χ1n) is 12.1. The number of anilines is 2. The summed E-state index contributed by atoms with van der Waals surface area (Å²) in [5.41, 5.74) is 1.95. The van der Waals surface area contributed by atoms with Crippen LogP contribution in [-0.2, 0) is 14.4 Å². The summed E-state index contributed by atoms with van der Waals surface area (Å²) < 4.78 is 19.0. The Hall–Kier alpha value is -4.53. The topological polar surface area (TPSA) is 76.2 Å². The predicted molar refractivity (Wildman–Crippen MR) is 142 cm³/mol. The highest BCUT2D eigenvalue weighted by Gasteiger charge is 2.60. The molecule has 0 unspecified atom stereocenters. The summed E-state index contributed by atoms with van der Waals surface area (Å²) in [6.45, 7) is 0. The summed E-state index contributed by atoms with van der Waals surface area (Å²) in [6, 6.07) is 26.6. The van der Waals surface area contributed by atoms with Crippen molar-refractivity contribution < 1.29 is 28.3 Å². The van der Waals surface area contributed by atoms with Crippen molar-refractivity contribution in [2.24, 2.45) is 5.92 Å². The molecule has 0 radical (unpaired) electrons. The molecule has 4 aromatic carbocycles. The summed E-state index contributed by atoms with van der Waals surface area (Å²) in [5, 5.41) is 2.06. The zero-order valence-electron chi connectivity index (χ0n) is 20.2. The van der Waals surface area contributed by atoms with E-state index in [-0.39, 0.29) is 5.69 Å². The minimum atomic E-state index is -1.08. The number of imide groups is 1. The molecular weight excluding hydrogens is 523 g/mol. The maximum atomic E-state index is 13.7. The fourth-order valence-corrected chi connectivity index (χ4v) is 5.01. The first-order valence-corrected chi connectivity index (χ1v) is 12.5. The predicted octanol–water partition coefficient (Wildman–Crippen LogP) is 5.75. The van der Waals surface area contributed by atoms with E-state index in [1.807, 2.05) is 0 Å². The van der Waals surface area contributed by atoms with Crippen LogP contribution >= 0.6 is 11.6 Å². The number of carbonyl (C=O) groups excluding carboxylic acids is 3. The molecule has 6 rings (SSSR count). The molecule has 4 aromatic rings. The van der Waals surface area contributed by atoms with Crippen molar-refractivity contribution >= 4 is 40.8 Å². The third-order valence-electron chi connectivity index (χ3n) is 6.72. The molecule has 2 amide bonds. The van der Waals surface area contributed by atoms with Crippen molar-refractivity contribution in [3.05, 3.63) is 125 Å². The summed E-state index contributed by atoms with van der Waals surface area (Å²) in [5.74, 6) is -2.53. The first kappa shape index (κ1) is 24.8. The van der Waals surface area contributed by atoms with Gasteiger partial charge in [0.05, 0.1) is 23.0 Å². The number of benzene rings is 4. The Balaban J connectivity index is 1.33. The molecule has 3 atom stereocenters. The maximum absolute atomic E-state index is 13.7. The third-order valence-corrected chi connectivity index (χ3v) is 6.97. The van der Waals surface area contributed by atoms with Crippen LogP contribution in [0.1, 0.15) is 22.0 Å². The quantitative estimate of drug-likeness (QED) is 0.182. The van der Waals surface area contributed by atoms with Crippen LogP contribution in [0, 0.1) is 11.7 Å². The molecule has 0 aromatic heterocycles. The number of fused-ring (bicyclic) bond motifs is 1. The van der Waals surface area contributed by atoms with Crippen molar-refractivity contribution in [2.75, 3.05) is 9.96 Å². The van der Waals surface area contributed by atoms with Gasteiger partial charge in [-0.1, -0.05) is 41.9 Å². The van der Waals surface area contributed by atoms with Gasteiger partial charge in [0.25, 0.3) is 5.91 Å². The summed E-state index contributed by atoms with van der Waals surface area (Å²) in [6.07, 6.45) is -1.08. The first-order chi connectivity index (χ1) is 18.9. The number of rotatable bonds is 5. The normalized spacial score (nSPS) is 20.3. The number of carbonyl (C=O) groups is 3. The fraction of sp³-hybridized carbons (Fsp3) is 0.100. The fourth-order valence-electron chi connectivity index (χ4n) is 4.88. The van der Waals surface area contributed by atoms with Gasteiger partial charge < -0.3 is 4.74 Å². The number of halogens is 2. The second kappa shape index (κ2) is 9.98. The zero-order valence-corrected chi connectivity index (χ0v) is 21.0. The minimum absolute atomic E-state index is 0.268. The number of hydroxylamine groups is 1. The van der Waals surface area contributed by atoms with E-state index in [0.717, 1.165) is 4.90 Å². The molecule has 0 saturated carbocycles. The van der Waals surface area contributed by atoms with Crippen LogP contribution in [0.3, 0.4) is 0 Å². The number of hydrogen-bond acceptors (Lipinski definition) is 6. The molecule has 2 heterocycles. The SMILES string of the molecule is O=C(Oc1ccc([C@@H]2[C@@H]3C(=O)N(c4ccc(F)cc4)C(=O)[C@H]3ON2c2ccc(Cl)cc2)cc1)c1ccccc1. The van der Waals surface area contributed by atoms with Gasteiger partial charge in [0.1, 0.15) is 17.5 Å². The summed E-state index contributed by atoms with van der Waals surface area (Å²) in [7, 11) is 0. The largest absolute Gasteiger partial charge is 0.423 e. The van der Waals surface area contributed by atoms with Crippen molar-refractivity contribution in [3.8, 4) is 5.75 Å². The van der Waals surface area contributed by atoms with Crippen molar-refractivity contribution in [1.82, 2.24) is 0 Å². The highest BCUT2D eigenvalue weighted by Crippen LogP contribution is 2.48. The van der Waals surface area contributed by atoms with Crippen LogP contribution in [-0.4, -0.2) is 23.9 Å². The van der Waals surface area contributed by atoms with Gasteiger partial charge in [0, 0.05) is 5.02 Å². The van der Waals surface area contributed by atoms with Gasteiger partial charge in [-0.3, -0.25) is 14.4 Å². The van der Waals surface area contributed by atoms with Gasteiger partial charge in [-0.05, 0) is 78.4 Å². The Labute approximate surface area is 227 Å². The standard InChI is InChI=1S/C30H20ClFN2O5/c31-20-8-12-23(13-9-20)34-26(18-6-16-24(17-7-18)38-30(37)19-4-2-1-3-5-19)25-27(39-34)29(36)33(28(25)35)22-14-10-21(32)11-15-22/h1-17,25-27H/t25-,26+,27-/m0/s1. The molecule has 2 aliphatic heterocycles. The Bertz CT molecular complexity index is 1550. The lowest BCUT2D eigenvalue weighted by atomic mass is 9.90. The van der Waals surface area contributed by atoms with Crippen LogP contribution in [0.5, 0.6) is 5.75 Å². The molecule has 0 spiro atoms. The molecule has 0 bridgehead atoms. The van der Waals surface area contributed by atoms with Gasteiger partial charge in [0.2, 0.25) is 5.91 Å². The van der Waals surface area contributed by atoms with E-state index in [1.54, 1.807) is 78.9 Å². The second-order valence-electron chi connectivity index (χ2n) is 9.11. The van der Waals surface area contributed by atoms with Crippen molar-refractivity contribution in [1.29, 1.82) is 0 Å². The highest BCUT2D eigenvalue weighted by molar-refractivity contribution is 6.30. The lowest BCUT2D eigenvalue weighted by Crippen LogP contribution is -2.37.